The predicted molar refractivity (Wildman–Crippen MR) is 77.0 cm³/mol. The second-order valence-corrected chi connectivity index (χ2v) is 4.94. The number of amides is 2. The van der Waals surface area contributed by atoms with Gasteiger partial charge < -0.3 is 11.1 Å². The highest BCUT2D eigenvalue weighted by Gasteiger charge is 2.12. The van der Waals surface area contributed by atoms with Crippen LogP contribution in [0.15, 0.2) is 46.9 Å². The summed E-state index contributed by atoms with van der Waals surface area (Å²) in [4.78, 5) is 23.0. The van der Waals surface area contributed by atoms with Gasteiger partial charge in [-0.1, -0.05) is 22.0 Å². The van der Waals surface area contributed by atoms with Crippen molar-refractivity contribution in [3.05, 3.63) is 63.9 Å². The molecule has 6 heteroatoms. The zero-order valence-electron chi connectivity index (χ0n) is 10.2. The maximum atomic E-state index is 13.6. The van der Waals surface area contributed by atoms with Gasteiger partial charge in [0.05, 0.1) is 5.56 Å². The third-order valence-corrected chi connectivity index (χ3v) is 3.07. The number of hydrogen-bond donors (Lipinski definition) is 2. The molecule has 0 saturated heterocycles. The highest BCUT2D eigenvalue weighted by molar-refractivity contribution is 9.10. The fourth-order valence-corrected chi connectivity index (χ4v) is 1.96. The lowest BCUT2D eigenvalue weighted by molar-refractivity contribution is 0.0995. The van der Waals surface area contributed by atoms with Crippen LogP contribution >= 0.6 is 15.9 Å². The Hall–Kier alpha value is -2.21. The van der Waals surface area contributed by atoms with Gasteiger partial charge in [0.25, 0.3) is 5.91 Å². The topological polar surface area (TPSA) is 72.2 Å². The van der Waals surface area contributed by atoms with Gasteiger partial charge in [0, 0.05) is 15.7 Å². The summed E-state index contributed by atoms with van der Waals surface area (Å²) in [6.07, 6.45) is 0. The van der Waals surface area contributed by atoms with E-state index in [9.17, 15) is 14.0 Å². The van der Waals surface area contributed by atoms with Gasteiger partial charge in [-0.15, -0.1) is 0 Å². The third-order valence-electron chi connectivity index (χ3n) is 2.58. The van der Waals surface area contributed by atoms with E-state index in [2.05, 4.69) is 21.2 Å². The number of carbonyl (C=O) groups excluding carboxylic acids is 2. The molecule has 102 valence electrons. The lowest BCUT2D eigenvalue weighted by atomic mass is 10.1. The molecule has 2 aromatic rings. The van der Waals surface area contributed by atoms with Crippen LogP contribution in [0.4, 0.5) is 10.1 Å². The minimum Gasteiger partial charge on any atom is -0.366 e. The normalized spacial score (nSPS) is 10.1. The van der Waals surface area contributed by atoms with Gasteiger partial charge in [0.2, 0.25) is 5.91 Å². The van der Waals surface area contributed by atoms with Crippen molar-refractivity contribution in [3.63, 3.8) is 0 Å². The first-order chi connectivity index (χ1) is 9.47. The number of halogens is 2. The van der Waals surface area contributed by atoms with Crippen molar-refractivity contribution in [2.75, 3.05) is 5.32 Å². The van der Waals surface area contributed by atoms with Crippen molar-refractivity contribution in [2.24, 2.45) is 5.73 Å². The highest BCUT2D eigenvalue weighted by atomic mass is 79.9. The van der Waals surface area contributed by atoms with Gasteiger partial charge >= 0.3 is 0 Å². The Morgan fingerprint density at radius 1 is 1.15 bits per heavy atom. The quantitative estimate of drug-likeness (QED) is 0.904. The van der Waals surface area contributed by atoms with Crippen LogP contribution < -0.4 is 11.1 Å². The summed E-state index contributed by atoms with van der Waals surface area (Å²) in [7, 11) is 0. The molecule has 0 fully saturated rings. The molecule has 20 heavy (non-hydrogen) atoms. The van der Waals surface area contributed by atoms with E-state index >= 15 is 0 Å². The number of nitrogens with one attached hydrogen (secondary N) is 1. The molecule has 0 aromatic heterocycles. The highest BCUT2D eigenvalue weighted by Crippen LogP contribution is 2.17. The Balaban J connectivity index is 2.23. The van der Waals surface area contributed by atoms with E-state index in [1.165, 1.54) is 24.3 Å². The monoisotopic (exact) mass is 336 g/mol. The number of benzene rings is 2. The fourth-order valence-electron chi connectivity index (χ4n) is 1.62. The fraction of sp³-hybridized carbons (Fsp3) is 0. The molecule has 0 aliphatic rings. The van der Waals surface area contributed by atoms with Gasteiger partial charge in [0.15, 0.2) is 0 Å². The lowest BCUT2D eigenvalue weighted by Gasteiger charge is -2.07. The van der Waals surface area contributed by atoms with Crippen LogP contribution in [0.3, 0.4) is 0 Å². The average Bonchev–Trinajstić information content (AvgIpc) is 2.38. The SMILES string of the molecule is NC(=O)c1cccc(NC(=O)c2ccc(Br)cc2F)c1. The van der Waals surface area contributed by atoms with E-state index in [0.717, 1.165) is 0 Å². The molecule has 0 bridgehead atoms. The summed E-state index contributed by atoms with van der Waals surface area (Å²) in [5.74, 6) is -1.84. The largest absolute Gasteiger partial charge is 0.366 e. The first-order valence-electron chi connectivity index (χ1n) is 5.63. The van der Waals surface area contributed by atoms with Gasteiger partial charge in [-0.25, -0.2) is 4.39 Å². The van der Waals surface area contributed by atoms with Crippen molar-refractivity contribution < 1.29 is 14.0 Å². The molecule has 2 rings (SSSR count). The van der Waals surface area contributed by atoms with Crippen LogP contribution in [-0.4, -0.2) is 11.8 Å². The number of hydrogen-bond acceptors (Lipinski definition) is 2. The second kappa shape index (κ2) is 5.83. The molecule has 0 saturated carbocycles. The molecule has 3 N–H and O–H groups in total. The number of nitrogens with two attached hydrogens (primary N) is 1. The minimum atomic E-state index is -0.636. The summed E-state index contributed by atoms with van der Waals surface area (Å²) in [5.41, 5.74) is 5.70. The zero-order valence-corrected chi connectivity index (χ0v) is 11.8. The molecule has 0 aliphatic carbocycles. The van der Waals surface area contributed by atoms with Gasteiger partial charge in [-0.05, 0) is 36.4 Å². The van der Waals surface area contributed by atoms with Crippen LogP contribution in [0.25, 0.3) is 0 Å². The van der Waals surface area contributed by atoms with E-state index in [-0.39, 0.29) is 11.1 Å². The molecule has 0 radical (unpaired) electrons. The van der Waals surface area contributed by atoms with E-state index in [0.29, 0.717) is 10.2 Å². The molecule has 2 aromatic carbocycles. The minimum absolute atomic E-state index is 0.0855. The molecule has 0 spiro atoms. The van der Waals surface area contributed by atoms with Crippen LogP contribution in [0.2, 0.25) is 0 Å². The van der Waals surface area contributed by atoms with Crippen molar-refractivity contribution in [1.29, 1.82) is 0 Å². The molecule has 0 aliphatic heterocycles. The second-order valence-electron chi connectivity index (χ2n) is 4.02. The Labute approximate surface area is 122 Å². The van der Waals surface area contributed by atoms with Crippen LogP contribution in [-0.2, 0) is 0 Å². The molecule has 0 atom stereocenters. The van der Waals surface area contributed by atoms with Crippen molar-refractivity contribution >= 4 is 33.4 Å². The number of rotatable bonds is 3. The van der Waals surface area contributed by atoms with Gasteiger partial charge in [-0.2, -0.15) is 0 Å². The zero-order chi connectivity index (χ0) is 14.7. The van der Waals surface area contributed by atoms with Crippen LogP contribution in [0.5, 0.6) is 0 Å². The van der Waals surface area contributed by atoms with Crippen LogP contribution in [0, 0.1) is 5.82 Å². The molecular weight excluding hydrogens is 327 g/mol. The Morgan fingerprint density at radius 3 is 2.55 bits per heavy atom. The lowest BCUT2D eigenvalue weighted by Crippen LogP contribution is -2.15. The standard InChI is InChI=1S/C14H10BrFN2O2/c15-9-4-5-11(12(16)7-9)14(20)18-10-3-1-2-8(6-10)13(17)19/h1-7H,(H2,17,19)(H,18,20). The molecule has 0 unspecified atom stereocenters. The predicted octanol–water partition coefficient (Wildman–Crippen LogP) is 2.94. The Morgan fingerprint density at radius 2 is 1.90 bits per heavy atom. The van der Waals surface area contributed by atoms with E-state index in [1.54, 1.807) is 18.2 Å². The van der Waals surface area contributed by atoms with Crippen molar-refractivity contribution in [2.45, 2.75) is 0 Å². The van der Waals surface area contributed by atoms with Gasteiger partial charge in [0.1, 0.15) is 5.82 Å². The summed E-state index contributed by atoms with van der Waals surface area (Å²) in [6, 6.07) is 10.3. The maximum Gasteiger partial charge on any atom is 0.258 e. The van der Waals surface area contributed by atoms with Crippen molar-refractivity contribution in [1.82, 2.24) is 0 Å². The Kier molecular flexibility index (Phi) is 4.14. The summed E-state index contributed by atoms with van der Waals surface area (Å²) >= 11 is 3.11. The number of anilines is 1. The Bertz CT molecular complexity index is 689. The summed E-state index contributed by atoms with van der Waals surface area (Å²) < 4.78 is 14.2. The first-order valence-corrected chi connectivity index (χ1v) is 6.43. The average molecular weight is 337 g/mol. The molecule has 4 nitrogen and oxygen atoms in total. The van der Waals surface area contributed by atoms with E-state index in [4.69, 9.17) is 5.73 Å². The summed E-state index contributed by atoms with van der Waals surface area (Å²) in [5, 5.41) is 2.51. The molecule has 0 heterocycles. The van der Waals surface area contributed by atoms with E-state index < -0.39 is 17.6 Å². The number of carbonyl (C=O) groups is 2. The summed E-state index contributed by atoms with van der Waals surface area (Å²) in [6.45, 7) is 0. The van der Waals surface area contributed by atoms with E-state index in [1.807, 2.05) is 0 Å². The molecule has 2 amide bonds. The number of primary amides is 1. The van der Waals surface area contributed by atoms with Crippen molar-refractivity contribution in [3.8, 4) is 0 Å². The third kappa shape index (κ3) is 3.21. The van der Waals surface area contributed by atoms with Gasteiger partial charge in [-0.3, -0.25) is 9.59 Å². The maximum absolute atomic E-state index is 13.6. The van der Waals surface area contributed by atoms with Crippen LogP contribution in [0.1, 0.15) is 20.7 Å². The first kappa shape index (κ1) is 14.2. The molecular formula is C14H10BrFN2O2. The smallest absolute Gasteiger partial charge is 0.258 e.